The Kier molecular flexibility index (Phi) is 3.70. The molecule has 2 heteroatoms. The Morgan fingerprint density at radius 2 is 1.78 bits per heavy atom. The average molecular weight is 316 g/mol. The predicted octanol–water partition coefficient (Wildman–Crippen LogP) is 5.85. The summed E-state index contributed by atoms with van der Waals surface area (Å²) in [6.45, 7) is 7.41. The van der Waals surface area contributed by atoms with Crippen LogP contribution < -0.4 is 4.74 Å². The van der Waals surface area contributed by atoms with Crippen LogP contribution in [0.15, 0.2) is 12.1 Å². The molecule has 3 fully saturated rings. The van der Waals surface area contributed by atoms with Crippen LogP contribution in [-0.2, 0) is 0 Å². The van der Waals surface area contributed by atoms with Crippen LogP contribution in [0.2, 0.25) is 0 Å². The third-order valence-corrected chi connectivity index (χ3v) is 6.57. The zero-order valence-corrected chi connectivity index (χ0v) is 14.7. The van der Waals surface area contributed by atoms with E-state index >= 15 is 0 Å². The number of rotatable bonds is 4. The number of fused-ring (bicyclic) bond motifs is 1. The van der Waals surface area contributed by atoms with E-state index in [0.29, 0.717) is 11.3 Å². The number of hydrogen-bond donors (Lipinski definition) is 0. The van der Waals surface area contributed by atoms with Gasteiger partial charge in [0, 0.05) is 11.5 Å². The van der Waals surface area contributed by atoms with Gasteiger partial charge in [0.1, 0.15) is 11.6 Å². The second-order valence-corrected chi connectivity index (χ2v) is 8.85. The Morgan fingerprint density at radius 1 is 1.13 bits per heavy atom. The summed E-state index contributed by atoms with van der Waals surface area (Å²) in [7, 11) is 0. The number of halogens is 1. The number of aryl methyl sites for hydroxylation is 1. The van der Waals surface area contributed by atoms with Crippen molar-refractivity contribution < 1.29 is 9.13 Å². The highest BCUT2D eigenvalue weighted by Crippen LogP contribution is 2.58. The van der Waals surface area contributed by atoms with Crippen molar-refractivity contribution in [1.82, 2.24) is 0 Å². The first-order chi connectivity index (χ1) is 11.0. The number of ether oxygens (including phenoxy) is 1. The lowest BCUT2D eigenvalue weighted by Gasteiger charge is -2.30. The van der Waals surface area contributed by atoms with Crippen LogP contribution in [-0.4, -0.2) is 6.61 Å². The first-order valence-corrected chi connectivity index (χ1v) is 9.40. The molecule has 0 spiro atoms. The van der Waals surface area contributed by atoms with E-state index in [1.807, 2.05) is 13.0 Å². The molecule has 0 amide bonds. The highest BCUT2D eigenvalue weighted by Gasteiger charge is 2.51. The zero-order chi connectivity index (χ0) is 16.2. The first kappa shape index (κ1) is 15.5. The van der Waals surface area contributed by atoms with E-state index in [2.05, 4.69) is 13.8 Å². The third kappa shape index (κ3) is 2.79. The van der Waals surface area contributed by atoms with E-state index in [0.717, 1.165) is 35.7 Å². The van der Waals surface area contributed by atoms with Crippen molar-refractivity contribution in [1.29, 1.82) is 0 Å². The van der Waals surface area contributed by atoms with Gasteiger partial charge in [0.2, 0.25) is 0 Å². The molecule has 3 saturated carbocycles. The molecule has 0 saturated heterocycles. The average Bonchev–Trinajstić information content (AvgIpc) is 3.21. The summed E-state index contributed by atoms with van der Waals surface area (Å²) in [6, 6.07) is 3.66. The fourth-order valence-corrected chi connectivity index (χ4v) is 5.52. The van der Waals surface area contributed by atoms with Crippen molar-refractivity contribution in [3.63, 3.8) is 0 Å². The molecule has 0 aliphatic heterocycles. The lowest BCUT2D eigenvalue weighted by atomic mass is 9.80. The molecule has 0 heterocycles. The van der Waals surface area contributed by atoms with Crippen LogP contribution in [0.25, 0.3) is 0 Å². The molecule has 3 aliphatic rings. The van der Waals surface area contributed by atoms with Crippen LogP contribution >= 0.6 is 0 Å². The molecule has 1 nitrogen and oxygen atoms in total. The smallest absolute Gasteiger partial charge is 0.129 e. The molecule has 1 aromatic carbocycles. The van der Waals surface area contributed by atoms with Crippen LogP contribution in [0.1, 0.15) is 69.4 Å². The summed E-state index contributed by atoms with van der Waals surface area (Å²) in [4.78, 5) is 0. The molecule has 1 aromatic rings. The molecule has 0 bridgehead atoms. The van der Waals surface area contributed by atoms with E-state index in [4.69, 9.17) is 4.74 Å². The summed E-state index contributed by atoms with van der Waals surface area (Å²) < 4.78 is 20.4. The molecule has 2 atom stereocenters. The molecule has 23 heavy (non-hydrogen) atoms. The summed E-state index contributed by atoms with van der Waals surface area (Å²) in [5.41, 5.74) is 2.34. The van der Waals surface area contributed by atoms with E-state index in [9.17, 15) is 4.39 Å². The van der Waals surface area contributed by atoms with Crippen molar-refractivity contribution in [3.05, 3.63) is 29.1 Å². The largest absolute Gasteiger partial charge is 0.493 e. The fourth-order valence-electron chi connectivity index (χ4n) is 5.52. The maximum absolute atomic E-state index is 14.1. The Bertz CT molecular complexity index is 590. The topological polar surface area (TPSA) is 9.23 Å². The molecule has 126 valence electrons. The maximum Gasteiger partial charge on any atom is 0.129 e. The molecule has 4 rings (SSSR count). The molecular weight excluding hydrogens is 287 g/mol. The summed E-state index contributed by atoms with van der Waals surface area (Å²) in [5.74, 6) is 3.73. The minimum absolute atomic E-state index is 0.127. The molecule has 0 aromatic heterocycles. The van der Waals surface area contributed by atoms with Crippen molar-refractivity contribution in [2.45, 2.75) is 65.2 Å². The standard InChI is InChI=1S/C21H29FO/c1-13-6-17-7-14(2)11-21(17,10-13)12-23-20-9-19(22)15(3)8-18(20)16-4-5-16/h8-9,13-14,16-17H,4-7,10-12H2,1-3H3. The van der Waals surface area contributed by atoms with E-state index in [1.54, 1.807) is 6.07 Å². The Morgan fingerprint density at radius 3 is 2.39 bits per heavy atom. The lowest BCUT2D eigenvalue weighted by Crippen LogP contribution is -2.28. The fraction of sp³-hybridized carbons (Fsp3) is 0.714. The van der Waals surface area contributed by atoms with Gasteiger partial charge in [-0.05, 0) is 86.3 Å². The van der Waals surface area contributed by atoms with Gasteiger partial charge in [0.25, 0.3) is 0 Å². The summed E-state index contributed by atoms with van der Waals surface area (Å²) in [5, 5.41) is 0. The van der Waals surface area contributed by atoms with Gasteiger partial charge in [-0.2, -0.15) is 0 Å². The molecule has 0 radical (unpaired) electrons. The van der Waals surface area contributed by atoms with Crippen LogP contribution in [0.4, 0.5) is 4.39 Å². The summed E-state index contributed by atoms with van der Waals surface area (Å²) >= 11 is 0. The monoisotopic (exact) mass is 316 g/mol. The van der Waals surface area contributed by atoms with Crippen molar-refractivity contribution in [3.8, 4) is 5.75 Å². The molecule has 2 unspecified atom stereocenters. The zero-order valence-electron chi connectivity index (χ0n) is 14.7. The third-order valence-electron chi connectivity index (χ3n) is 6.57. The summed E-state index contributed by atoms with van der Waals surface area (Å²) in [6.07, 6.45) is 7.73. The van der Waals surface area contributed by atoms with Gasteiger partial charge >= 0.3 is 0 Å². The van der Waals surface area contributed by atoms with Gasteiger partial charge in [-0.15, -0.1) is 0 Å². The Labute approximate surface area is 139 Å². The van der Waals surface area contributed by atoms with E-state index in [1.165, 1.54) is 44.1 Å². The molecular formula is C21H29FO. The second kappa shape index (κ2) is 5.50. The number of hydrogen-bond acceptors (Lipinski definition) is 1. The van der Waals surface area contributed by atoms with Crippen molar-refractivity contribution in [2.24, 2.45) is 23.2 Å². The van der Waals surface area contributed by atoms with Gasteiger partial charge in [-0.1, -0.05) is 13.8 Å². The van der Waals surface area contributed by atoms with Gasteiger partial charge in [0.05, 0.1) is 6.61 Å². The number of benzene rings is 1. The molecule has 3 aliphatic carbocycles. The van der Waals surface area contributed by atoms with Crippen molar-refractivity contribution in [2.75, 3.05) is 6.61 Å². The first-order valence-electron chi connectivity index (χ1n) is 9.40. The van der Waals surface area contributed by atoms with Crippen LogP contribution in [0, 0.1) is 35.9 Å². The minimum Gasteiger partial charge on any atom is -0.493 e. The van der Waals surface area contributed by atoms with Gasteiger partial charge in [-0.3, -0.25) is 0 Å². The molecule has 0 N–H and O–H groups in total. The van der Waals surface area contributed by atoms with Gasteiger partial charge < -0.3 is 4.74 Å². The predicted molar refractivity (Wildman–Crippen MR) is 91.3 cm³/mol. The highest BCUT2D eigenvalue weighted by atomic mass is 19.1. The van der Waals surface area contributed by atoms with Crippen LogP contribution in [0.3, 0.4) is 0 Å². The van der Waals surface area contributed by atoms with E-state index in [-0.39, 0.29) is 5.82 Å². The SMILES string of the molecule is Cc1cc(C2CC2)c(OCC23CC(C)CC2CC(C)C3)cc1F. The lowest BCUT2D eigenvalue weighted by molar-refractivity contribution is 0.117. The second-order valence-electron chi connectivity index (χ2n) is 8.85. The highest BCUT2D eigenvalue weighted by molar-refractivity contribution is 5.42. The van der Waals surface area contributed by atoms with Crippen molar-refractivity contribution >= 4 is 0 Å². The Balaban J connectivity index is 1.56. The normalized spacial score (nSPS) is 36.3. The van der Waals surface area contributed by atoms with Gasteiger partial charge in [-0.25, -0.2) is 4.39 Å². The van der Waals surface area contributed by atoms with Gasteiger partial charge in [0.15, 0.2) is 0 Å². The van der Waals surface area contributed by atoms with Crippen LogP contribution in [0.5, 0.6) is 5.75 Å². The quantitative estimate of drug-likeness (QED) is 0.676. The van der Waals surface area contributed by atoms with E-state index < -0.39 is 0 Å². The Hall–Kier alpha value is -1.05. The minimum atomic E-state index is -0.127. The maximum atomic E-state index is 14.1.